The van der Waals surface area contributed by atoms with Crippen LogP contribution in [0.4, 0.5) is 5.00 Å². The van der Waals surface area contributed by atoms with Gasteiger partial charge in [0, 0.05) is 30.4 Å². The summed E-state index contributed by atoms with van der Waals surface area (Å²) in [6.45, 7) is 2.56. The van der Waals surface area contributed by atoms with Gasteiger partial charge in [-0.3, -0.25) is 9.69 Å². The van der Waals surface area contributed by atoms with E-state index < -0.39 is 0 Å². The molecule has 0 radical (unpaired) electrons. The van der Waals surface area contributed by atoms with Gasteiger partial charge in [0.15, 0.2) is 0 Å². The third kappa shape index (κ3) is 4.34. The molecule has 1 fully saturated rings. The summed E-state index contributed by atoms with van der Waals surface area (Å²) >= 11 is 1.52. The highest BCUT2D eigenvalue weighted by Gasteiger charge is 2.33. The second kappa shape index (κ2) is 8.42. The minimum Gasteiger partial charge on any atom is -0.465 e. The van der Waals surface area contributed by atoms with Crippen LogP contribution in [0.2, 0.25) is 0 Å². The van der Waals surface area contributed by atoms with Crippen molar-refractivity contribution in [1.82, 2.24) is 4.90 Å². The number of fused-ring (bicyclic) bond motifs is 1. The van der Waals surface area contributed by atoms with Crippen LogP contribution in [0.1, 0.15) is 39.2 Å². The summed E-state index contributed by atoms with van der Waals surface area (Å²) in [5, 5.41) is 3.62. The zero-order valence-corrected chi connectivity index (χ0v) is 16.8. The van der Waals surface area contributed by atoms with E-state index in [0.717, 1.165) is 49.3 Å². The van der Waals surface area contributed by atoms with E-state index in [2.05, 4.69) is 34.5 Å². The van der Waals surface area contributed by atoms with E-state index in [4.69, 9.17) is 4.74 Å². The molecule has 1 saturated carbocycles. The highest BCUT2D eigenvalue weighted by atomic mass is 35.5. The predicted molar refractivity (Wildman–Crippen MR) is 109 cm³/mol. The van der Waals surface area contributed by atoms with Crippen LogP contribution in [0.15, 0.2) is 30.3 Å². The van der Waals surface area contributed by atoms with Crippen LogP contribution in [-0.2, 0) is 29.0 Å². The summed E-state index contributed by atoms with van der Waals surface area (Å²) in [4.78, 5) is 28.0. The van der Waals surface area contributed by atoms with Crippen LogP contribution in [0.5, 0.6) is 0 Å². The summed E-state index contributed by atoms with van der Waals surface area (Å²) < 4.78 is 4.98. The summed E-state index contributed by atoms with van der Waals surface area (Å²) in [6, 6.07) is 10.4. The fourth-order valence-corrected chi connectivity index (χ4v) is 4.68. The van der Waals surface area contributed by atoms with Crippen LogP contribution in [-0.4, -0.2) is 30.4 Å². The maximum Gasteiger partial charge on any atom is 0.341 e. The topological polar surface area (TPSA) is 58.6 Å². The molecule has 7 heteroatoms. The Balaban J connectivity index is 0.00000210. The molecule has 1 aromatic carbocycles. The van der Waals surface area contributed by atoms with E-state index in [1.165, 1.54) is 24.0 Å². The predicted octanol–water partition coefficient (Wildman–Crippen LogP) is 3.86. The molecule has 0 saturated heterocycles. The fraction of sp³-hybridized carbons (Fsp3) is 0.400. The Hall–Kier alpha value is -1.89. The molecule has 5 nitrogen and oxygen atoms in total. The molecule has 1 aliphatic heterocycles. The molecule has 1 aromatic heterocycles. The van der Waals surface area contributed by atoms with Crippen molar-refractivity contribution in [2.45, 2.75) is 32.4 Å². The second-order valence-corrected chi connectivity index (χ2v) is 8.01. The van der Waals surface area contributed by atoms with Gasteiger partial charge in [0.2, 0.25) is 5.91 Å². The van der Waals surface area contributed by atoms with E-state index in [0.29, 0.717) is 10.6 Å². The van der Waals surface area contributed by atoms with Crippen molar-refractivity contribution >= 4 is 40.6 Å². The first-order chi connectivity index (χ1) is 12.7. The highest BCUT2D eigenvalue weighted by Crippen LogP contribution is 2.39. The quantitative estimate of drug-likeness (QED) is 0.766. The zero-order chi connectivity index (χ0) is 18.1. The van der Waals surface area contributed by atoms with Crippen LogP contribution in [0.25, 0.3) is 0 Å². The number of nitrogens with zero attached hydrogens (tertiary/aromatic N) is 1. The van der Waals surface area contributed by atoms with Crippen molar-refractivity contribution in [2.24, 2.45) is 5.92 Å². The first kappa shape index (κ1) is 19.9. The summed E-state index contributed by atoms with van der Waals surface area (Å²) in [6.07, 6.45) is 2.67. The number of hydrogen-bond acceptors (Lipinski definition) is 5. The lowest BCUT2D eigenvalue weighted by Gasteiger charge is -2.27. The number of rotatable bonds is 5. The molecule has 1 N–H and O–H groups in total. The molecule has 1 aliphatic carbocycles. The number of hydrogen-bond donors (Lipinski definition) is 1. The number of amides is 1. The van der Waals surface area contributed by atoms with Crippen molar-refractivity contribution in [2.75, 3.05) is 19.0 Å². The van der Waals surface area contributed by atoms with Gasteiger partial charge in [-0.2, -0.15) is 0 Å². The van der Waals surface area contributed by atoms with E-state index in [9.17, 15) is 9.59 Å². The smallest absolute Gasteiger partial charge is 0.341 e. The third-order valence-electron chi connectivity index (χ3n) is 4.96. The normalized spacial score (nSPS) is 16.2. The number of carbonyl (C=O) groups is 2. The van der Waals surface area contributed by atoms with Gasteiger partial charge < -0.3 is 10.1 Å². The first-order valence-corrected chi connectivity index (χ1v) is 9.77. The van der Waals surface area contributed by atoms with Gasteiger partial charge >= 0.3 is 5.97 Å². The summed E-state index contributed by atoms with van der Waals surface area (Å²) in [5.41, 5.74) is 2.88. The molecule has 2 aromatic rings. The number of nitrogens with one attached hydrogen (secondary N) is 1. The van der Waals surface area contributed by atoms with Crippen molar-refractivity contribution in [3.8, 4) is 0 Å². The number of carbonyl (C=O) groups excluding carboxylic acids is 2. The fourth-order valence-electron chi connectivity index (χ4n) is 3.40. The molecule has 27 heavy (non-hydrogen) atoms. The number of halogens is 1. The second-order valence-electron chi connectivity index (χ2n) is 6.91. The van der Waals surface area contributed by atoms with E-state index in [1.807, 2.05) is 6.07 Å². The van der Waals surface area contributed by atoms with Gasteiger partial charge in [0.1, 0.15) is 5.00 Å². The minimum atomic E-state index is -0.356. The number of anilines is 1. The lowest BCUT2D eigenvalue weighted by molar-refractivity contribution is -0.117. The maximum atomic E-state index is 12.3. The monoisotopic (exact) mass is 406 g/mol. The minimum absolute atomic E-state index is 0. The van der Waals surface area contributed by atoms with Gasteiger partial charge in [0.25, 0.3) is 0 Å². The first-order valence-electron chi connectivity index (χ1n) is 8.95. The van der Waals surface area contributed by atoms with E-state index in [-0.39, 0.29) is 30.2 Å². The molecule has 1 amide bonds. The Morgan fingerprint density at radius 1 is 1.26 bits per heavy atom. The largest absolute Gasteiger partial charge is 0.465 e. The van der Waals surface area contributed by atoms with Crippen molar-refractivity contribution < 1.29 is 14.3 Å². The van der Waals surface area contributed by atoms with Crippen molar-refractivity contribution in [3.05, 3.63) is 51.9 Å². The van der Waals surface area contributed by atoms with Gasteiger partial charge in [-0.25, -0.2) is 4.79 Å². The Kier molecular flexibility index (Phi) is 6.19. The van der Waals surface area contributed by atoms with Gasteiger partial charge in [-0.1, -0.05) is 30.3 Å². The van der Waals surface area contributed by atoms with Crippen molar-refractivity contribution in [1.29, 1.82) is 0 Å². The van der Waals surface area contributed by atoms with Crippen LogP contribution >= 0.6 is 23.7 Å². The molecule has 0 bridgehead atoms. The zero-order valence-electron chi connectivity index (χ0n) is 15.2. The van der Waals surface area contributed by atoms with E-state index in [1.54, 1.807) is 0 Å². The number of thiophene rings is 1. The standard InChI is InChI=1S/C20H22N2O3S.ClH/c1-25-20(24)17-15-9-10-22(11-13-5-3-2-4-6-13)12-16(15)26-19(17)21-18(23)14-7-8-14;/h2-6,14H,7-12H2,1H3,(H,21,23);1H. The molecule has 2 heterocycles. The SMILES string of the molecule is COC(=O)c1c(NC(=O)C2CC2)sc2c1CCN(Cc1ccccc1)C2.Cl. The number of benzene rings is 1. The lowest BCUT2D eigenvalue weighted by Crippen LogP contribution is -2.29. The molecule has 0 spiro atoms. The molecule has 0 unspecified atom stereocenters. The Morgan fingerprint density at radius 2 is 2.00 bits per heavy atom. The molecule has 0 atom stereocenters. The van der Waals surface area contributed by atoms with Crippen LogP contribution in [0.3, 0.4) is 0 Å². The molecular weight excluding hydrogens is 384 g/mol. The Labute approximate surface area is 169 Å². The number of ether oxygens (including phenoxy) is 1. The molecular formula is C20H23ClN2O3S. The average Bonchev–Trinajstić information content (AvgIpc) is 3.44. The van der Waals surface area contributed by atoms with Crippen molar-refractivity contribution in [3.63, 3.8) is 0 Å². The third-order valence-corrected chi connectivity index (χ3v) is 6.09. The van der Waals surface area contributed by atoms with E-state index >= 15 is 0 Å². The highest BCUT2D eigenvalue weighted by molar-refractivity contribution is 7.17. The van der Waals surface area contributed by atoms with Crippen LogP contribution in [0, 0.1) is 5.92 Å². The number of esters is 1. The van der Waals surface area contributed by atoms with Gasteiger partial charge in [-0.15, -0.1) is 23.7 Å². The van der Waals surface area contributed by atoms with Crippen LogP contribution < -0.4 is 5.32 Å². The Bertz CT molecular complexity index is 833. The molecule has 4 rings (SSSR count). The average molecular weight is 407 g/mol. The van der Waals surface area contributed by atoms with Gasteiger partial charge in [0.05, 0.1) is 12.7 Å². The Morgan fingerprint density at radius 3 is 2.67 bits per heavy atom. The summed E-state index contributed by atoms with van der Waals surface area (Å²) in [5.74, 6) is -0.228. The molecule has 144 valence electrons. The number of methoxy groups -OCH3 is 1. The lowest BCUT2D eigenvalue weighted by atomic mass is 10.0. The molecule has 2 aliphatic rings. The summed E-state index contributed by atoms with van der Waals surface area (Å²) in [7, 11) is 1.39. The van der Waals surface area contributed by atoms with Gasteiger partial charge in [-0.05, 0) is 30.4 Å². The maximum absolute atomic E-state index is 12.3.